The van der Waals surface area contributed by atoms with Crippen molar-refractivity contribution in [2.75, 3.05) is 40.8 Å². The molecule has 0 aliphatic heterocycles. The molecule has 1 aromatic rings. The van der Waals surface area contributed by atoms with Crippen molar-refractivity contribution in [1.29, 1.82) is 0 Å². The van der Waals surface area contributed by atoms with Crippen molar-refractivity contribution in [3.8, 4) is 0 Å². The van der Waals surface area contributed by atoms with Gasteiger partial charge >= 0.3 is 0 Å². The van der Waals surface area contributed by atoms with Crippen LogP contribution in [0.1, 0.15) is 12.5 Å². The Hall–Kier alpha value is -1.55. The predicted molar refractivity (Wildman–Crippen MR) is 82.4 cm³/mol. The van der Waals surface area contributed by atoms with Crippen molar-refractivity contribution >= 4 is 5.96 Å². The minimum atomic E-state index is 0.865. The second kappa shape index (κ2) is 8.53. The van der Waals surface area contributed by atoms with Crippen LogP contribution >= 0.6 is 0 Å². The summed E-state index contributed by atoms with van der Waals surface area (Å²) in [6.07, 6.45) is 0. The molecule has 106 valence electrons. The van der Waals surface area contributed by atoms with Crippen LogP contribution < -0.4 is 5.32 Å². The van der Waals surface area contributed by atoms with Crippen molar-refractivity contribution < 1.29 is 0 Å². The third kappa shape index (κ3) is 5.75. The molecular formula is C15H26N4. The largest absolute Gasteiger partial charge is 0.355 e. The molecule has 0 fully saturated rings. The Balaban J connectivity index is 2.42. The summed E-state index contributed by atoms with van der Waals surface area (Å²) < 4.78 is 0. The predicted octanol–water partition coefficient (Wildman–Crippen LogP) is 1.65. The van der Waals surface area contributed by atoms with Crippen LogP contribution in [0, 0.1) is 0 Å². The monoisotopic (exact) mass is 262 g/mol. The molecule has 1 rings (SSSR count). The van der Waals surface area contributed by atoms with Crippen LogP contribution in [0.3, 0.4) is 0 Å². The van der Waals surface area contributed by atoms with Gasteiger partial charge in [-0.2, -0.15) is 0 Å². The normalized spacial score (nSPS) is 11.7. The molecule has 0 atom stereocenters. The summed E-state index contributed by atoms with van der Waals surface area (Å²) in [6, 6.07) is 10.4. The lowest BCUT2D eigenvalue weighted by Gasteiger charge is -2.23. The lowest BCUT2D eigenvalue weighted by molar-refractivity contribution is 0.353. The number of rotatable bonds is 6. The average molecular weight is 262 g/mol. The highest BCUT2D eigenvalue weighted by atomic mass is 15.3. The molecule has 0 bridgehead atoms. The Morgan fingerprint density at radius 3 is 2.47 bits per heavy atom. The van der Waals surface area contributed by atoms with Gasteiger partial charge in [-0.25, -0.2) is 0 Å². The lowest BCUT2D eigenvalue weighted by Crippen LogP contribution is -2.41. The molecule has 0 aliphatic rings. The van der Waals surface area contributed by atoms with Gasteiger partial charge in [-0.05, 0) is 19.2 Å². The van der Waals surface area contributed by atoms with Crippen molar-refractivity contribution in [2.24, 2.45) is 4.99 Å². The van der Waals surface area contributed by atoms with E-state index in [4.69, 9.17) is 0 Å². The van der Waals surface area contributed by atoms with Crippen LogP contribution in [0.15, 0.2) is 35.3 Å². The van der Waals surface area contributed by atoms with Crippen LogP contribution in [-0.2, 0) is 6.54 Å². The second-order valence-electron chi connectivity index (χ2n) is 4.71. The van der Waals surface area contributed by atoms with E-state index in [2.05, 4.69) is 65.4 Å². The van der Waals surface area contributed by atoms with Gasteiger partial charge in [0, 0.05) is 33.7 Å². The van der Waals surface area contributed by atoms with Crippen LogP contribution in [-0.4, -0.2) is 56.5 Å². The molecule has 0 heterocycles. The molecule has 1 aromatic carbocycles. The molecule has 1 N–H and O–H groups in total. The molecule has 0 radical (unpaired) electrons. The Morgan fingerprint density at radius 2 is 1.89 bits per heavy atom. The summed E-state index contributed by atoms with van der Waals surface area (Å²) in [7, 11) is 6.01. The first-order valence-corrected chi connectivity index (χ1v) is 6.81. The molecule has 0 saturated heterocycles. The smallest absolute Gasteiger partial charge is 0.193 e. The summed E-state index contributed by atoms with van der Waals surface area (Å²) in [5.41, 5.74) is 1.29. The van der Waals surface area contributed by atoms with Crippen LogP contribution in [0.25, 0.3) is 0 Å². The molecule has 0 aromatic heterocycles. The summed E-state index contributed by atoms with van der Waals surface area (Å²) in [5.74, 6) is 0.938. The zero-order valence-electron chi connectivity index (χ0n) is 12.6. The fourth-order valence-electron chi connectivity index (χ4n) is 1.83. The third-order valence-electron chi connectivity index (χ3n) is 3.15. The number of benzene rings is 1. The second-order valence-corrected chi connectivity index (χ2v) is 4.71. The van der Waals surface area contributed by atoms with E-state index < -0.39 is 0 Å². The summed E-state index contributed by atoms with van der Waals surface area (Å²) in [6.45, 7) is 6.03. The van der Waals surface area contributed by atoms with Crippen LogP contribution in [0.5, 0.6) is 0 Å². The molecule has 0 saturated carbocycles. The minimum absolute atomic E-state index is 0.865. The minimum Gasteiger partial charge on any atom is -0.355 e. The van der Waals surface area contributed by atoms with E-state index in [9.17, 15) is 0 Å². The Labute approximate surface area is 117 Å². The Morgan fingerprint density at radius 1 is 1.21 bits per heavy atom. The van der Waals surface area contributed by atoms with E-state index in [1.165, 1.54) is 5.56 Å². The van der Waals surface area contributed by atoms with Crippen molar-refractivity contribution in [3.05, 3.63) is 35.9 Å². The molecule has 4 nitrogen and oxygen atoms in total. The SMILES string of the molecule is CCN(C)CCNC(=NC)N(C)Cc1ccccc1. The van der Waals surface area contributed by atoms with Gasteiger partial charge in [-0.1, -0.05) is 37.3 Å². The number of hydrogen-bond donors (Lipinski definition) is 1. The van der Waals surface area contributed by atoms with Crippen LogP contribution in [0.2, 0.25) is 0 Å². The molecule has 0 unspecified atom stereocenters. The first-order chi connectivity index (χ1) is 9.17. The lowest BCUT2D eigenvalue weighted by atomic mass is 10.2. The van der Waals surface area contributed by atoms with Crippen molar-refractivity contribution in [3.63, 3.8) is 0 Å². The Kier molecular flexibility index (Phi) is 6.97. The van der Waals surface area contributed by atoms with Gasteiger partial charge in [-0.15, -0.1) is 0 Å². The molecule has 0 spiro atoms. The number of aliphatic imine (C=N–C) groups is 1. The van der Waals surface area contributed by atoms with Gasteiger partial charge in [0.15, 0.2) is 5.96 Å². The van der Waals surface area contributed by atoms with E-state index in [1.54, 1.807) is 0 Å². The van der Waals surface area contributed by atoms with Gasteiger partial charge in [0.1, 0.15) is 0 Å². The number of nitrogens with one attached hydrogen (secondary N) is 1. The molecule has 4 heteroatoms. The van der Waals surface area contributed by atoms with Crippen molar-refractivity contribution in [2.45, 2.75) is 13.5 Å². The topological polar surface area (TPSA) is 30.9 Å². The summed E-state index contributed by atoms with van der Waals surface area (Å²) in [4.78, 5) is 8.74. The zero-order chi connectivity index (χ0) is 14.1. The maximum atomic E-state index is 4.32. The van der Waals surface area contributed by atoms with Gasteiger partial charge in [0.25, 0.3) is 0 Å². The summed E-state index contributed by atoms with van der Waals surface area (Å²) >= 11 is 0. The average Bonchev–Trinajstić information content (AvgIpc) is 2.44. The van der Waals surface area contributed by atoms with Crippen molar-refractivity contribution in [1.82, 2.24) is 15.1 Å². The van der Waals surface area contributed by atoms with E-state index in [1.807, 2.05) is 13.1 Å². The molecular weight excluding hydrogens is 236 g/mol. The van der Waals surface area contributed by atoms with Crippen LogP contribution in [0.4, 0.5) is 0 Å². The maximum absolute atomic E-state index is 4.32. The first-order valence-electron chi connectivity index (χ1n) is 6.81. The highest BCUT2D eigenvalue weighted by Crippen LogP contribution is 2.02. The van der Waals surface area contributed by atoms with Gasteiger partial charge < -0.3 is 15.1 Å². The maximum Gasteiger partial charge on any atom is 0.193 e. The van der Waals surface area contributed by atoms with E-state index in [0.717, 1.165) is 32.1 Å². The molecule has 0 aliphatic carbocycles. The molecule has 0 amide bonds. The fraction of sp³-hybridized carbons (Fsp3) is 0.533. The highest BCUT2D eigenvalue weighted by molar-refractivity contribution is 5.79. The standard InChI is InChI=1S/C15H26N4/c1-5-18(3)12-11-17-15(16-2)19(4)13-14-9-7-6-8-10-14/h6-10H,5,11-13H2,1-4H3,(H,16,17). The number of guanidine groups is 1. The van der Waals surface area contributed by atoms with E-state index in [0.29, 0.717) is 0 Å². The van der Waals surface area contributed by atoms with Gasteiger partial charge in [0.05, 0.1) is 0 Å². The quantitative estimate of drug-likeness (QED) is 0.624. The Bertz CT molecular complexity index is 375. The van der Waals surface area contributed by atoms with E-state index >= 15 is 0 Å². The number of hydrogen-bond acceptors (Lipinski definition) is 2. The third-order valence-corrected chi connectivity index (χ3v) is 3.15. The number of nitrogens with zero attached hydrogens (tertiary/aromatic N) is 3. The summed E-state index contributed by atoms with van der Waals surface area (Å²) in [5, 5.41) is 3.39. The first kappa shape index (κ1) is 15.5. The number of likely N-dealkylation sites (N-methyl/N-ethyl adjacent to an activating group) is 1. The highest BCUT2D eigenvalue weighted by Gasteiger charge is 2.06. The van der Waals surface area contributed by atoms with E-state index in [-0.39, 0.29) is 0 Å². The van der Waals surface area contributed by atoms with Gasteiger partial charge in [0.2, 0.25) is 0 Å². The van der Waals surface area contributed by atoms with Gasteiger partial charge in [-0.3, -0.25) is 4.99 Å². The fourth-order valence-corrected chi connectivity index (χ4v) is 1.83. The zero-order valence-corrected chi connectivity index (χ0v) is 12.6. The molecule has 19 heavy (non-hydrogen) atoms.